The summed E-state index contributed by atoms with van der Waals surface area (Å²) in [6.45, 7) is 6.71. The van der Waals surface area contributed by atoms with E-state index in [1.54, 1.807) is 0 Å². The molecule has 0 saturated carbocycles. The summed E-state index contributed by atoms with van der Waals surface area (Å²) in [5.74, 6) is 0.727. The second-order valence-electron chi connectivity index (χ2n) is 4.97. The smallest absolute Gasteiger partial charge is 0.213 e. The van der Waals surface area contributed by atoms with Crippen molar-refractivity contribution < 1.29 is 9.47 Å². The first-order chi connectivity index (χ1) is 8.74. The maximum absolute atomic E-state index is 5.88. The van der Waals surface area contributed by atoms with Gasteiger partial charge in [0.2, 0.25) is 5.88 Å². The summed E-state index contributed by atoms with van der Waals surface area (Å²) >= 11 is 0. The lowest BCUT2D eigenvalue weighted by atomic mass is 10.1. The number of hydrogen-bond acceptors (Lipinski definition) is 4. The van der Waals surface area contributed by atoms with Crippen molar-refractivity contribution in [3.8, 4) is 5.88 Å². The summed E-state index contributed by atoms with van der Waals surface area (Å²) in [5.41, 5.74) is 1.21. The molecule has 1 aliphatic rings. The molecule has 0 aromatic carbocycles. The summed E-state index contributed by atoms with van der Waals surface area (Å²) < 4.78 is 11.2. The Kier molecular flexibility index (Phi) is 4.96. The molecule has 1 N–H and O–H groups in total. The van der Waals surface area contributed by atoms with Crippen molar-refractivity contribution in [1.82, 2.24) is 10.3 Å². The van der Waals surface area contributed by atoms with Crippen LogP contribution in [0.3, 0.4) is 0 Å². The van der Waals surface area contributed by atoms with Gasteiger partial charge in [-0.1, -0.05) is 13.8 Å². The summed E-state index contributed by atoms with van der Waals surface area (Å²) in [7, 11) is 0. The molecule has 0 bridgehead atoms. The monoisotopic (exact) mass is 250 g/mol. The molecule has 1 aromatic rings. The third kappa shape index (κ3) is 4.27. The first-order valence-corrected chi connectivity index (χ1v) is 6.67. The van der Waals surface area contributed by atoms with Crippen LogP contribution in [-0.4, -0.2) is 30.3 Å². The molecule has 2 heterocycles. The Morgan fingerprint density at radius 2 is 2.22 bits per heavy atom. The number of hydrogen-bond donors (Lipinski definition) is 1. The van der Waals surface area contributed by atoms with Gasteiger partial charge < -0.3 is 14.8 Å². The molecule has 100 valence electrons. The molecule has 2 rings (SSSR count). The van der Waals surface area contributed by atoms with Crippen LogP contribution >= 0.6 is 0 Å². The Morgan fingerprint density at radius 3 is 2.94 bits per heavy atom. The SMILES string of the molecule is CC(C)NCc1ccnc(OC2CCOCC2)c1. The third-order valence-corrected chi connectivity index (χ3v) is 2.97. The van der Waals surface area contributed by atoms with Crippen molar-refractivity contribution in [2.24, 2.45) is 0 Å². The molecule has 0 radical (unpaired) electrons. The van der Waals surface area contributed by atoms with Crippen molar-refractivity contribution in [1.29, 1.82) is 0 Å². The van der Waals surface area contributed by atoms with E-state index in [2.05, 4.69) is 24.1 Å². The molecule has 0 aliphatic carbocycles. The van der Waals surface area contributed by atoms with Crippen LogP contribution in [0, 0.1) is 0 Å². The number of ether oxygens (including phenoxy) is 2. The van der Waals surface area contributed by atoms with E-state index < -0.39 is 0 Å². The van der Waals surface area contributed by atoms with Crippen molar-refractivity contribution in [2.75, 3.05) is 13.2 Å². The Balaban J connectivity index is 1.89. The topological polar surface area (TPSA) is 43.4 Å². The van der Waals surface area contributed by atoms with E-state index in [-0.39, 0.29) is 6.10 Å². The number of nitrogens with zero attached hydrogens (tertiary/aromatic N) is 1. The summed E-state index contributed by atoms with van der Waals surface area (Å²) in [6, 6.07) is 4.52. The molecule has 0 spiro atoms. The van der Waals surface area contributed by atoms with E-state index in [1.165, 1.54) is 5.56 Å². The van der Waals surface area contributed by atoms with E-state index in [0.29, 0.717) is 6.04 Å². The van der Waals surface area contributed by atoms with Gasteiger partial charge in [-0.25, -0.2) is 4.98 Å². The van der Waals surface area contributed by atoms with Gasteiger partial charge in [0, 0.05) is 37.7 Å². The zero-order valence-electron chi connectivity index (χ0n) is 11.2. The quantitative estimate of drug-likeness (QED) is 0.869. The standard InChI is InChI=1S/C14H22N2O2/c1-11(2)16-10-12-3-6-15-14(9-12)18-13-4-7-17-8-5-13/h3,6,9,11,13,16H,4-5,7-8,10H2,1-2H3. The normalized spacial score (nSPS) is 17.1. The van der Waals surface area contributed by atoms with E-state index in [0.717, 1.165) is 38.5 Å². The lowest BCUT2D eigenvalue weighted by molar-refractivity contribution is 0.0237. The Bertz CT molecular complexity index is 363. The summed E-state index contributed by atoms with van der Waals surface area (Å²) in [4.78, 5) is 4.27. The fraction of sp³-hybridized carbons (Fsp3) is 0.643. The first kappa shape index (κ1) is 13.3. The van der Waals surface area contributed by atoms with Crippen molar-refractivity contribution in [3.05, 3.63) is 23.9 Å². The van der Waals surface area contributed by atoms with Crippen LogP contribution in [0.5, 0.6) is 5.88 Å². The van der Waals surface area contributed by atoms with E-state index in [4.69, 9.17) is 9.47 Å². The van der Waals surface area contributed by atoms with Crippen molar-refractivity contribution in [3.63, 3.8) is 0 Å². The molecule has 0 unspecified atom stereocenters. The van der Waals surface area contributed by atoms with Crippen molar-refractivity contribution >= 4 is 0 Å². The van der Waals surface area contributed by atoms with Crippen LogP contribution in [-0.2, 0) is 11.3 Å². The molecule has 1 saturated heterocycles. The maximum atomic E-state index is 5.88. The molecule has 0 amide bonds. The Hall–Kier alpha value is -1.13. The number of aromatic nitrogens is 1. The van der Waals surface area contributed by atoms with Gasteiger partial charge >= 0.3 is 0 Å². The van der Waals surface area contributed by atoms with Gasteiger partial charge in [0.15, 0.2) is 0 Å². The van der Waals surface area contributed by atoms with Crippen LogP contribution < -0.4 is 10.1 Å². The molecular weight excluding hydrogens is 228 g/mol. The van der Waals surface area contributed by atoms with Crippen LogP contribution in [0.1, 0.15) is 32.3 Å². The highest BCUT2D eigenvalue weighted by Gasteiger charge is 2.15. The average molecular weight is 250 g/mol. The second kappa shape index (κ2) is 6.71. The second-order valence-corrected chi connectivity index (χ2v) is 4.97. The van der Waals surface area contributed by atoms with Crippen molar-refractivity contribution in [2.45, 2.75) is 45.4 Å². The van der Waals surface area contributed by atoms with Crippen LogP contribution in [0.15, 0.2) is 18.3 Å². The molecule has 1 aliphatic heterocycles. The van der Waals surface area contributed by atoms with E-state index in [1.807, 2.05) is 18.3 Å². The number of pyridine rings is 1. The van der Waals surface area contributed by atoms with Gasteiger partial charge in [0.05, 0.1) is 13.2 Å². The fourth-order valence-electron chi connectivity index (χ4n) is 1.91. The van der Waals surface area contributed by atoms with Crippen LogP contribution in [0.2, 0.25) is 0 Å². The highest BCUT2D eigenvalue weighted by atomic mass is 16.5. The zero-order chi connectivity index (χ0) is 12.8. The van der Waals surface area contributed by atoms with Gasteiger partial charge in [-0.05, 0) is 11.6 Å². The summed E-state index contributed by atoms with van der Waals surface area (Å²) in [6.07, 6.45) is 3.97. The minimum absolute atomic E-state index is 0.250. The number of nitrogens with one attached hydrogen (secondary N) is 1. The first-order valence-electron chi connectivity index (χ1n) is 6.67. The highest BCUT2D eigenvalue weighted by molar-refractivity contribution is 5.20. The van der Waals surface area contributed by atoms with E-state index in [9.17, 15) is 0 Å². The molecule has 18 heavy (non-hydrogen) atoms. The number of rotatable bonds is 5. The van der Waals surface area contributed by atoms with Crippen LogP contribution in [0.4, 0.5) is 0 Å². The third-order valence-electron chi connectivity index (χ3n) is 2.97. The summed E-state index contributed by atoms with van der Waals surface area (Å²) in [5, 5.41) is 3.39. The molecule has 1 fully saturated rings. The zero-order valence-corrected chi connectivity index (χ0v) is 11.2. The predicted molar refractivity (Wildman–Crippen MR) is 70.7 cm³/mol. The van der Waals surface area contributed by atoms with Gasteiger partial charge in [-0.2, -0.15) is 0 Å². The van der Waals surface area contributed by atoms with Gasteiger partial charge in [-0.15, -0.1) is 0 Å². The largest absolute Gasteiger partial charge is 0.474 e. The minimum Gasteiger partial charge on any atom is -0.474 e. The molecule has 4 nitrogen and oxygen atoms in total. The maximum Gasteiger partial charge on any atom is 0.213 e. The molecule has 1 aromatic heterocycles. The molecule has 4 heteroatoms. The van der Waals surface area contributed by atoms with Gasteiger partial charge in [0.25, 0.3) is 0 Å². The molecule has 0 atom stereocenters. The average Bonchev–Trinajstić information content (AvgIpc) is 2.38. The fourth-order valence-corrected chi connectivity index (χ4v) is 1.91. The van der Waals surface area contributed by atoms with Crippen LogP contribution in [0.25, 0.3) is 0 Å². The van der Waals surface area contributed by atoms with Gasteiger partial charge in [0.1, 0.15) is 6.10 Å². The highest BCUT2D eigenvalue weighted by Crippen LogP contribution is 2.16. The van der Waals surface area contributed by atoms with E-state index >= 15 is 0 Å². The minimum atomic E-state index is 0.250. The Labute approximate surface area is 109 Å². The Morgan fingerprint density at radius 1 is 1.44 bits per heavy atom. The van der Waals surface area contributed by atoms with Gasteiger partial charge in [-0.3, -0.25) is 0 Å². The lowest BCUT2D eigenvalue weighted by Gasteiger charge is -2.22. The lowest BCUT2D eigenvalue weighted by Crippen LogP contribution is -2.26. The predicted octanol–water partition coefficient (Wildman–Crippen LogP) is 2.14. The molecular formula is C14H22N2O2.